The number of hydrogen-bond donors (Lipinski definition) is 1. The number of hydrogen-bond acceptors (Lipinski definition) is 5. The molecule has 2 fully saturated rings. The Bertz CT molecular complexity index is 817. The second-order valence-electron chi connectivity index (χ2n) is 10.1. The molecule has 154 valence electrons. The van der Waals surface area contributed by atoms with Gasteiger partial charge in [-0.15, -0.1) is 0 Å². The van der Waals surface area contributed by atoms with Gasteiger partial charge in [0, 0.05) is 45.9 Å². The van der Waals surface area contributed by atoms with Crippen LogP contribution in [0.2, 0.25) is 25.7 Å². The van der Waals surface area contributed by atoms with Crippen molar-refractivity contribution < 1.29 is 4.74 Å². The standard InChI is InChI=1S/C21H35N5OSi/c1-21-13-22-8-5-17(21)6-9-25(14-21)19-18-7-10-26(20(18)24-15-23-19)16-27-11-12-28(2,3)4/h7,10,15,17,22H,5-6,8-9,11-14,16H2,1-4H3/t17-,21+/m0/s1. The van der Waals surface area contributed by atoms with Gasteiger partial charge in [0.1, 0.15) is 24.5 Å². The van der Waals surface area contributed by atoms with Crippen LogP contribution < -0.4 is 10.2 Å². The maximum atomic E-state index is 5.95. The number of nitrogens with zero attached hydrogens (tertiary/aromatic N) is 4. The Kier molecular flexibility index (Phi) is 5.50. The summed E-state index contributed by atoms with van der Waals surface area (Å²) in [6.45, 7) is 15.4. The number of piperidine rings is 2. The third-order valence-corrected chi connectivity index (χ3v) is 8.25. The number of aromatic nitrogens is 3. The summed E-state index contributed by atoms with van der Waals surface area (Å²) in [5, 5.41) is 4.74. The van der Waals surface area contributed by atoms with E-state index < -0.39 is 8.07 Å². The lowest BCUT2D eigenvalue weighted by atomic mass is 9.69. The van der Waals surface area contributed by atoms with Crippen LogP contribution in [0.1, 0.15) is 19.8 Å². The molecule has 0 saturated carbocycles. The van der Waals surface area contributed by atoms with Crippen LogP contribution in [0.5, 0.6) is 0 Å². The van der Waals surface area contributed by atoms with E-state index in [4.69, 9.17) is 4.74 Å². The minimum atomic E-state index is -1.06. The van der Waals surface area contributed by atoms with Crippen molar-refractivity contribution in [3.8, 4) is 0 Å². The second-order valence-corrected chi connectivity index (χ2v) is 15.7. The van der Waals surface area contributed by atoms with Gasteiger partial charge in [-0.2, -0.15) is 0 Å². The molecule has 4 rings (SSSR count). The molecule has 0 unspecified atom stereocenters. The number of anilines is 1. The Morgan fingerprint density at radius 3 is 2.96 bits per heavy atom. The highest BCUT2D eigenvalue weighted by Gasteiger charge is 2.41. The third-order valence-electron chi connectivity index (χ3n) is 6.54. The van der Waals surface area contributed by atoms with Gasteiger partial charge in [-0.3, -0.25) is 0 Å². The van der Waals surface area contributed by atoms with Crippen LogP contribution in [0, 0.1) is 11.3 Å². The lowest BCUT2D eigenvalue weighted by Crippen LogP contribution is -2.55. The first-order valence-corrected chi connectivity index (χ1v) is 14.4. The molecular weight excluding hydrogens is 366 g/mol. The van der Waals surface area contributed by atoms with Gasteiger partial charge in [0.25, 0.3) is 0 Å². The van der Waals surface area contributed by atoms with Crippen molar-refractivity contribution in [2.24, 2.45) is 11.3 Å². The average Bonchev–Trinajstić information content (AvgIpc) is 3.06. The first-order chi connectivity index (χ1) is 13.4. The predicted octanol–water partition coefficient (Wildman–Crippen LogP) is 3.57. The fourth-order valence-corrected chi connectivity index (χ4v) is 5.47. The monoisotopic (exact) mass is 401 g/mol. The summed E-state index contributed by atoms with van der Waals surface area (Å²) in [6, 6.07) is 3.34. The molecule has 4 heterocycles. The first-order valence-electron chi connectivity index (χ1n) is 10.7. The smallest absolute Gasteiger partial charge is 0.147 e. The van der Waals surface area contributed by atoms with Gasteiger partial charge < -0.3 is 19.5 Å². The zero-order valence-electron chi connectivity index (χ0n) is 17.9. The quantitative estimate of drug-likeness (QED) is 0.592. The summed E-state index contributed by atoms with van der Waals surface area (Å²) >= 11 is 0. The van der Waals surface area contributed by atoms with Crippen molar-refractivity contribution >= 4 is 24.9 Å². The predicted molar refractivity (Wildman–Crippen MR) is 118 cm³/mol. The summed E-state index contributed by atoms with van der Waals surface area (Å²) in [4.78, 5) is 11.7. The zero-order valence-corrected chi connectivity index (χ0v) is 18.9. The Hall–Kier alpha value is -1.44. The topological polar surface area (TPSA) is 55.2 Å². The summed E-state index contributed by atoms with van der Waals surface area (Å²) in [6.07, 6.45) is 6.36. The lowest BCUT2D eigenvalue weighted by Gasteiger charge is -2.49. The number of fused-ring (bicyclic) bond motifs is 2. The van der Waals surface area contributed by atoms with Crippen molar-refractivity contribution in [2.45, 2.75) is 52.2 Å². The maximum Gasteiger partial charge on any atom is 0.147 e. The van der Waals surface area contributed by atoms with E-state index in [9.17, 15) is 0 Å². The fraction of sp³-hybridized carbons (Fsp3) is 0.714. The molecule has 2 aromatic rings. The second kappa shape index (κ2) is 7.76. The van der Waals surface area contributed by atoms with E-state index in [1.807, 2.05) is 0 Å². The highest BCUT2D eigenvalue weighted by Crippen LogP contribution is 2.41. The van der Waals surface area contributed by atoms with Gasteiger partial charge in [0.2, 0.25) is 0 Å². The number of ether oxygens (including phenoxy) is 1. The van der Waals surface area contributed by atoms with Gasteiger partial charge in [-0.25, -0.2) is 9.97 Å². The van der Waals surface area contributed by atoms with Crippen molar-refractivity contribution in [3.05, 3.63) is 18.6 Å². The Morgan fingerprint density at radius 2 is 2.14 bits per heavy atom. The summed E-state index contributed by atoms with van der Waals surface area (Å²) in [5.41, 5.74) is 1.31. The van der Waals surface area contributed by atoms with Crippen LogP contribution in [-0.2, 0) is 11.5 Å². The van der Waals surface area contributed by atoms with E-state index in [0.717, 1.165) is 49.0 Å². The highest BCUT2D eigenvalue weighted by molar-refractivity contribution is 6.76. The molecule has 2 saturated heterocycles. The molecule has 0 radical (unpaired) electrons. The van der Waals surface area contributed by atoms with Crippen LogP contribution in [0.4, 0.5) is 5.82 Å². The van der Waals surface area contributed by atoms with Crippen molar-refractivity contribution in [3.63, 3.8) is 0 Å². The molecule has 2 atom stereocenters. The normalized spacial score (nSPS) is 25.9. The minimum Gasteiger partial charge on any atom is -0.361 e. The molecule has 2 aliphatic rings. The molecule has 28 heavy (non-hydrogen) atoms. The third kappa shape index (κ3) is 4.11. The Labute approximate surface area is 169 Å². The van der Waals surface area contributed by atoms with Gasteiger partial charge in [0.05, 0.1) is 5.39 Å². The molecule has 6 nitrogen and oxygen atoms in total. The van der Waals surface area contributed by atoms with E-state index in [1.54, 1.807) is 6.33 Å². The number of rotatable bonds is 6. The van der Waals surface area contributed by atoms with Crippen molar-refractivity contribution in [1.82, 2.24) is 19.9 Å². The van der Waals surface area contributed by atoms with E-state index in [2.05, 4.69) is 63.6 Å². The average molecular weight is 402 g/mol. The molecule has 1 N–H and O–H groups in total. The van der Waals surface area contributed by atoms with Crippen LogP contribution >= 0.6 is 0 Å². The number of nitrogens with one attached hydrogen (secondary N) is 1. The summed E-state index contributed by atoms with van der Waals surface area (Å²) in [5.74, 6) is 1.91. The van der Waals surface area contributed by atoms with E-state index in [0.29, 0.717) is 12.1 Å². The summed E-state index contributed by atoms with van der Waals surface area (Å²) < 4.78 is 8.06. The largest absolute Gasteiger partial charge is 0.361 e. The molecule has 0 spiro atoms. The molecule has 0 aromatic carbocycles. The van der Waals surface area contributed by atoms with Crippen molar-refractivity contribution in [1.29, 1.82) is 0 Å². The van der Waals surface area contributed by atoms with Gasteiger partial charge in [-0.05, 0) is 37.4 Å². The zero-order chi connectivity index (χ0) is 19.8. The lowest BCUT2D eigenvalue weighted by molar-refractivity contribution is 0.0898. The van der Waals surface area contributed by atoms with Crippen LogP contribution in [0.3, 0.4) is 0 Å². The van der Waals surface area contributed by atoms with E-state index in [1.165, 1.54) is 25.4 Å². The summed E-state index contributed by atoms with van der Waals surface area (Å²) in [7, 11) is -1.06. The highest BCUT2D eigenvalue weighted by atomic mass is 28.3. The van der Waals surface area contributed by atoms with E-state index in [-0.39, 0.29) is 0 Å². The van der Waals surface area contributed by atoms with Crippen LogP contribution in [0.25, 0.3) is 11.0 Å². The van der Waals surface area contributed by atoms with E-state index >= 15 is 0 Å². The molecule has 0 aliphatic carbocycles. The van der Waals surface area contributed by atoms with Gasteiger partial charge in [0.15, 0.2) is 0 Å². The molecular formula is C21H35N5OSi. The first kappa shape index (κ1) is 19.9. The molecule has 0 amide bonds. The SMILES string of the molecule is C[C@]12CNCC[C@H]1CCN(c1ncnc3c1ccn3COCC[Si](C)(C)C)C2. The van der Waals surface area contributed by atoms with Gasteiger partial charge >= 0.3 is 0 Å². The maximum absolute atomic E-state index is 5.95. The molecule has 7 heteroatoms. The molecule has 0 bridgehead atoms. The Balaban J connectivity index is 1.49. The molecule has 2 aliphatic heterocycles. The minimum absolute atomic E-state index is 0.330. The molecule has 2 aromatic heterocycles. The van der Waals surface area contributed by atoms with Crippen LogP contribution in [0.15, 0.2) is 18.6 Å². The fourth-order valence-electron chi connectivity index (χ4n) is 4.72. The van der Waals surface area contributed by atoms with Crippen molar-refractivity contribution in [2.75, 3.05) is 37.7 Å². The Morgan fingerprint density at radius 1 is 1.29 bits per heavy atom. The van der Waals surface area contributed by atoms with Gasteiger partial charge in [-0.1, -0.05) is 26.6 Å². The van der Waals surface area contributed by atoms with Crippen LogP contribution in [-0.4, -0.2) is 55.4 Å².